The first-order chi connectivity index (χ1) is 12.5. The molecule has 1 aliphatic heterocycles. The maximum absolute atomic E-state index is 12.3. The third-order valence-corrected chi connectivity index (χ3v) is 4.43. The summed E-state index contributed by atoms with van der Waals surface area (Å²) >= 11 is 0. The van der Waals surface area contributed by atoms with Gasteiger partial charge in [0.15, 0.2) is 0 Å². The van der Waals surface area contributed by atoms with Crippen molar-refractivity contribution in [2.75, 3.05) is 24.6 Å². The maximum Gasteiger partial charge on any atom is 0.227 e. The van der Waals surface area contributed by atoms with Crippen LogP contribution in [0.5, 0.6) is 5.75 Å². The molecule has 26 heavy (non-hydrogen) atoms. The summed E-state index contributed by atoms with van der Waals surface area (Å²) in [4.78, 5) is 26.2. The van der Waals surface area contributed by atoms with Crippen LogP contribution in [0.2, 0.25) is 0 Å². The average molecular weight is 352 g/mol. The number of ether oxygens (including phenoxy) is 1. The van der Waals surface area contributed by atoms with E-state index in [1.165, 1.54) is 0 Å². The molecular weight excluding hydrogens is 328 g/mol. The molecule has 0 bridgehead atoms. The zero-order valence-electron chi connectivity index (χ0n) is 15.2. The van der Waals surface area contributed by atoms with Crippen LogP contribution in [0.4, 0.5) is 5.69 Å². The number of hydrogen-bond acceptors (Lipinski definition) is 3. The standard InChI is InChI=1S/C21H24N2O3/c1-15-10-16(2)12-19(11-15)26-9-8-22-21(25)17-13-20(24)23(14-17)18-6-4-3-5-7-18/h3-7,10-12,17H,8-9,13-14H2,1-2H3,(H,22,25). The number of aryl methyl sites for hydroxylation is 2. The van der Waals surface area contributed by atoms with Gasteiger partial charge in [-0.05, 0) is 49.2 Å². The minimum absolute atomic E-state index is 0.0113. The molecule has 5 nitrogen and oxygen atoms in total. The van der Waals surface area contributed by atoms with E-state index in [9.17, 15) is 9.59 Å². The lowest BCUT2D eigenvalue weighted by atomic mass is 10.1. The highest BCUT2D eigenvalue weighted by molar-refractivity contribution is 6.00. The Morgan fingerprint density at radius 2 is 1.85 bits per heavy atom. The summed E-state index contributed by atoms with van der Waals surface area (Å²) in [7, 11) is 0. The summed E-state index contributed by atoms with van der Waals surface area (Å²) in [5.41, 5.74) is 3.13. The van der Waals surface area contributed by atoms with Crippen LogP contribution in [-0.2, 0) is 9.59 Å². The van der Waals surface area contributed by atoms with Crippen LogP contribution in [0.25, 0.3) is 0 Å². The van der Waals surface area contributed by atoms with Gasteiger partial charge < -0.3 is 15.0 Å². The van der Waals surface area contributed by atoms with E-state index in [4.69, 9.17) is 4.74 Å². The van der Waals surface area contributed by atoms with Crippen molar-refractivity contribution in [1.82, 2.24) is 5.32 Å². The highest BCUT2D eigenvalue weighted by atomic mass is 16.5. The third-order valence-electron chi connectivity index (χ3n) is 4.43. The van der Waals surface area contributed by atoms with Gasteiger partial charge in [0.1, 0.15) is 12.4 Å². The molecule has 1 saturated heterocycles. The van der Waals surface area contributed by atoms with Crippen molar-refractivity contribution in [3.05, 3.63) is 59.7 Å². The number of amides is 2. The Morgan fingerprint density at radius 1 is 1.15 bits per heavy atom. The van der Waals surface area contributed by atoms with Gasteiger partial charge in [-0.25, -0.2) is 0 Å². The summed E-state index contributed by atoms with van der Waals surface area (Å²) in [5.74, 6) is 0.385. The van der Waals surface area contributed by atoms with E-state index in [2.05, 4.69) is 11.4 Å². The Kier molecular flexibility index (Phi) is 5.56. The summed E-state index contributed by atoms with van der Waals surface area (Å²) in [6, 6.07) is 15.5. The highest BCUT2D eigenvalue weighted by Gasteiger charge is 2.34. The zero-order chi connectivity index (χ0) is 18.5. The lowest BCUT2D eigenvalue weighted by Crippen LogP contribution is -2.35. The van der Waals surface area contributed by atoms with Gasteiger partial charge in [-0.3, -0.25) is 9.59 Å². The van der Waals surface area contributed by atoms with Crippen LogP contribution in [0.15, 0.2) is 48.5 Å². The topological polar surface area (TPSA) is 58.6 Å². The Labute approximate surface area is 154 Å². The molecule has 136 valence electrons. The molecule has 1 N–H and O–H groups in total. The number of para-hydroxylation sites is 1. The number of nitrogens with one attached hydrogen (secondary N) is 1. The minimum Gasteiger partial charge on any atom is -0.492 e. The Bertz CT molecular complexity index is 769. The van der Waals surface area contributed by atoms with Crippen LogP contribution in [0, 0.1) is 19.8 Å². The first-order valence-corrected chi connectivity index (χ1v) is 8.87. The van der Waals surface area contributed by atoms with Gasteiger partial charge in [0.05, 0.1) is 12.5 Å². The second-order valence-electron chi connectivity index (χ2n) is 6.70. The summed E-state index contributed by atoms with van der Waals surface area (Å²) < 4.78 is 5.70. The zero-order valence-corrected chi connectivity index (χ0v) is 15.2. The number of nitrogens with zero attached hydrogens (tertiary/aromatic N) is 1. The van der Waals surface area contributed by atoms with Gasteiger partial charge in [0.25, 0.3) is 0 Å². The first kappa shape index (κ1) is 18.0. The van der Waals surface area contributed by atoms with Gasteiger partial charge >= 0.3 is 0 Å². The lowest BCUT2D eigenvalue weighted by Gasteiger charge is -2.16. The highest BCUT2D eigenvalue weighted by Crippen LogP contribution is 2.24. The molecule has 3 rings (SSSR count). The largest absolute Gasteiger partial charge is 0.492 e. The van der Waals surface area contributed by atoms with E-state index in [0.717, 1.165) is 22.6 Å². The predicted molar refractivity (Wildman–Crippen MR) is 101 cm³/mol. The monoisotopic (exact) mass is 352 g/mol. The van der Waals surface area contributed by atoms with Crippen LogP contribution < -0.4 is 15.0 Å². The van der Waals surface area contributed by atoms with Gasteiger partial charge in [-0.1, -0.05) is 24.3 Å². The average Bonchev–Trinajstić information content (AvgIpc) is 3.00. The van der Waals surface area contributed by atoms with Gasteiger partial charge in [-0.2, -0.15) is 0 Å². The van der Waals surface area contributed by atoms with Crippen LogP contribution in [0.3, 0.4) is 0 Å². The molecule has 1 atom stereocenters. The summed E-state index contributed by atoms with van der Waals surface area (Å²) in [6.45, 7) is 5.29. The number of hydrogen-bond donors (Lipinski definition) is 1. The fourth-order valence-corrected chi connectivity index (χ4v) is 3.24. The van der Waals surface area contributed by atoms with E-state index in [-0.39, 0.29) is 24.2 Å². The lowest BCUT2D eigenvalue weighted by molar-refractivity contribution is -0.126. The molecule has 0 aliphatic carbocycles. The molecule has 2 amide bonds. The molecular formula is C21H24N2O3. The molecule has 5 heteroatoms. The molecule has 0 spiro atoms. The molecule has 1 aliphatic rings. The molecule has 2 aromatic rings. The quantitative estimate of drug-likeness (QED) is 0.814. The van der Waals surface area contributed by atoms with Crippen molar-refractivity contribution in [3.8, 4) is 5.75 Å². The molecule has 2 aromatic carbocycles. The molecule has 0 radical (unpaired) electrons. The molecule has 1 fully saturated rings. The van der Waals surface area contributed by atoms with Crippen LogP contribution >= 0.6 is 0 Å². The number of carbonyl (C=O) groups excluding carboxylic acids is 2. The smallest absolute Gasteiger partial charge is 0.227 e. The van der Waals surface area contributed by atoms with Crippen LogP contribution in [0.1, 0.15) is 17.5 Å². The van der Waals surface area contributed by atoms with Crippen molar-refractivity contribution in [3.63, 3.8) is 0 Å². The number of benzene rings is 2. The predicted octanol–water partition coefficient (Wildman–Crippen LogP) is 2.85. The number of carbonyl (C=O) groups is 2. The molecule has 1 unspecified atom stereocenters. The fourth-order valence-electron chi connectivity index (χ4n) is 3.24. The van der Waals surface area contributed by atoms with E-state index in [1.807, 2.05) is 56.3 Å². The summed E-state index contributed by atoms with van der Waals surface area (Å²) in [6.07, 6.45) is 0.249. The first-order valence-electron chi connectivity index (χ1n) is 8.87. The number of rotatable bonds is 6. The van der Waals surface area contributed by atoms with E-state index < -0.39 is 0 Å². The third kappa shape index (κ3) is 4.42. The minimum atomic E-state index is -0.316. The second-order valence-corrected chi connectivity index (χ2v) is 6.70. The number of anilines is 1. The van der Waals surface area contributed by atoms with Crippen molar-refractivity contribution in [1.29, 1.82) is 0 Å². The van der Waals surface area contributed by atoms with Gasteiger partial charge in [0.2, 0.25) is 11.8 Å². The second kappa shape index (κ2) is 8.04. The molecule has 0 aromatic heterocycles. The maximum atomic E-state index is 12.3. The van der Waals surface area contributed by atoms with Crippen molar-refractivity contribution < 1.29 is 14.3 Å². The van der Waals surface area contributed by atoms with E-state index in [0.29, 0.717) is 19.7 Å². The van der Waals surface area contributed by atoms with Gasteiger partial charge in [0, 0.05) is 18.7 Å². The SMILES string of the molecule is Cc1cc(C)cc(OCCNC(=O)C2CC(=O)N(c3ccccc3)C2)c1. The van der Waals surface area contributed by atoms with Crippen LogP contribution in [-0.4, -0.2) is 31.5 Å². The van der Waals surface area contributed by atoms with E-state index >= 15 is 0 Å². The molecule has 0 saturated carbocycles. The summed E-state index contributed by atoms with van der Waals surface area (Å²) in [5, 5.41) is 2.87. The van der Waals surface area contributed by atoms with Crippen molar-refractivity contribution in [2.45, 2.75) is 20.3 Å². The van der Waals surface area contributed by atoms with Crippen molar-refractivity contribution >= 4 is 17.5 Å². The Balaban J connectivity index is 1.46. The Morgan fingerprint density at radius 3 is 2.54 bits per heavy atom. The molecule has 1 heterocycles. The normalized spacial score (nSPS) is 16.6. The fraction of sp³-hybridized carbons (Fsp3) is 0.333. The Hall–Kier alpha value is -2.82. The van der Waals surface area contributed by atoms with Crippen molar-refractivity contribution in [2.24, 2.45) is 5.92 Å². The van der Waals surface area contributed by atoms with Gasteiger partial charge in [-0.15, -0.1) is 0 Å². The van der Waals surface area contributed by atoms with E-state index in [1.54, 1.807) is 4.90 Å².